The molecule has 0 aromatic heterocycles. The Morgan fingerprint density at radius 2 is 1.88 bits per heavy atom. The van der Waals surface area contributed by atoms with Crippen molar-refractivity contribution in [2.75, 3.05) is 32.1 Å². The van der Waals surface area contributed by atoms with E-state index >= 15 is 0 Å². The highest BCUT2D eigenvalue weighted by Crippen LogP contribution is 2.20. The van der Waals surface area contributed by atoms with Gasteiger partial charge >= 0.3 is 6.03 Å². The number of urea groups is 1. The molecule has 3 N–H and O–H groups in total. The number of hydrogen-bond donors (Lipinski definition) is 3. The summed E-state index contributed by atoms with van der Waals surface area (Å²) >= 11 is 0. The van der Waals surface area contributed by atoms with Crippen LogP contribution < -0.4 is 20.7 Å². The highest BCUT2D eigenvalue weighted by molar-refractivity contribution is 5.89. The minimum atomic E-state index is -0.0238. The van der Waals surface area contributed by atoms with E-state index in [-0.39, 0.29) is 6.03 Å². The molecule has 0 spiro atoms. The van der Waals surface area contributed by atoms with E-state index in [1.807, 2.05) is 29.2 Å². The fraction of sp³-hybridized carbons (Fsp3) is 0.440. The molecule has 1 saturated heterocycles. The summed E-state index contributed by atoms with van der Waals surface area (Å²) < 4.78 is 5.91. The number of likely N-dealkylation sites (tertiary alicyclic amines) is 1. The number of rotatable bonds is 8. The lowest BCUT2D eigenvalue weighted by molar-refractivity contribution is 0.222. The van der Waals surface area contributed by atoms with Gasteiger partial charge in [-0.25, -0.2) is 4.79 Å². The Morgan fingerprint density at radius 3 is 2.62 bits per heavy atom. The zero-order chi connectivity index (χ0) is 22.8. The second-order valence-corrected chi connectivity index (χ2v) is 8.06. The Morgan fingerprint density at radius 1 is 1.09 bits per heavy atom. The van der Waals surface area contributed by atoms with Crippen LogP contribution in [0.15, 0.2) is 47.5 Å². The van der Waals surface area contributed by atoms with Gasteiger partial charge in [0.15, 0.2) is 5.96 Å². The molecule has 32 heavy (non-hydrogen) atoms. The molecule has 2 aromatic rings. The van der Waals surface area contributed by atoms with E-state index in [2.05, 4.69) is 53.0 Å². The molecule has 0 bridgehead atoms. The monoisotopic (exact) mass is 437 g/mol. The second kappa shape index (κ2) is 12.0. The predicted molar refractivity (Wildman–Crippen MR) is 130 cm³/mol. The van der Waals surface area contributed by atoms with Gasteiger partial charge in [-0.05, 0) is 55.5 Å². The summed E-state index contributed by atoms with van der Waals surface area (Å²) in [7, 11) is 1.76. The van der Waals surface area contributed by atoms with Crippen LogP contribution in [0, 0.1) is 6.92 Å². The summed E-state index contributed by atoms with van der Waals surface area (Å²) in [5.41, 5.74) is 4.15. The number of hydrogen-bond acceptors (Lipinski definition) is 3. The van der Waals surface area contributed by atoms with Gasteiger partial charge in [0.1, 0.15) is 5.75 Å². The van der Waals surface area contributed by atoms with Crippen LogP contribution >= 0.6 is 0 Å². The van der Waals surface area contributed by atoms with Gasteiger partial charge in [0.2, 0.25) is 0 Å². The third kappa shape index (κ3) is 6.90. The molecule has 2 aromatic carbocycles. The Hall–Kier alpha value is -3.22. The molecule has 3 rings (SSSR count). The molecule has 0 saturated carbocycles. The zero-order valence-corrected chi connectivity index (χ0v) is 19.4. The van der Waals surface area contributed by atoms with Gasteiger partial charge in [0, 0.05) is 44.5 Å². The van der Waals surface area contributed by atoms with Crippen LogP contribution in [0.1, 0.15) is 42.9 Å². The van der Waals surface area contributed by atoms with Crippen molar-refractivity contribution in [3.05, 3.63) is 59.2 Å². The maximum absolute atomic E-state index is 12.3. The van der Waals surface area contributed by atoms with Gasteiger partial charge in [0.25, 0.3) is 0 Å². The number of aliphatic imine (C=N–C) groups is 1. The summed E-state index contributed by atoms with van der Waals surface area (Å²) in [6.45, 7) is 7.76. The minimum Gasteiger partial charge on any atom is -0.493 e. The quantitative estimate of drug-likeness (QED) is 0.426. The Bertz CT molecular complexity index is 922. The average molecular weight is 438 g/mol. The van der Waals surface area contributed by atoms with E-state index in [0.29, 0.717) is 25.7 Å². The van der Waals surface area contributed by atoms with Gasteiger partial charge in [-0.3, -0.25) is 4.99 Å². The fourth-order valence-corrected chi connectivity index (χ4v) is 3.62. The molecule has 1 aliphatic heterocycles. The molecule has 0 unspecified atom stereocenters. The molecule has 0 atom stereocenters. The average Bonchev–Trinajstić information content (AvgIpc) is 3.34. The van der Waals surface area contributed by atoms with Gasteiger partial charge in [-0.2, -0.15) is 0 Å². The third-order valence-electron chi connectivity index (χ3n) is 5.39. The molecular formula is C25H35N5O2. The van der Waals surface area contributed by atoms with Gasteiger partial charge in [0.05, 0.1) is 6.61 Å². The lowest BCUT2D eigenvalue weighted by Gasteiger charge is -2.17. The Kier molecular flexibility index (Phi) is 8.78. The maximum atomic E-state index is 12.3. The Labute approximate surface area is 191 Å². The lowest BCUT2D eigenvalue weighted by Crippen LogP contribution is -2.36. The first-order valence-electron chi connectivity index (χ1n) is 11.4. The number of ether oxygens (including phenoxy) is 1. The minimum absolute atomic E-state index is 0.0238. The topological polar surface area (TPSA) is 78.0 Å². The number of nitrogens with one attached hydrogen (secondary N) is 3. The lowest BCUT2D eigenvalue weighted by atomic mass is 10.1. The smallest absolute Gasteiger partial charge is 0.321 e. The fourth-order valence-electron chi connectivity index (χ4n) is 3.62. The SMILES string of the molecule is CCCOc1cc(C)ccc1CNC(=NC)NCc1cccc(NC(=O)N2CCCC2)c1. The molecule has 1 fully saturated rings. The van der Waals surface area contributed by atoms with Crippen LogP contribution in [-0.4, -0.2) is 43.6 Å². The largest absolute Gasteiger partial charge is 0.493 e. The van der Waals surface area contributed by atoms with Crippen LogP contribution in [0.4, 0.5) is 10.5 Å². The van der Waals surface area contributed by atoms with E-state index in [0.717, 1.165) is 54.9 Å². The maximum Gasteiger partial charge on any atom is 0.321 e. The van der Waals surface area contributed by atoms with E-state index in [1.165, 1.54) is 5.56 Å². The van der Waals surface area contributed by atoms with Crippen molar-refractivity contribution in [1.82, 2.24) is 15.5 Å². The number of anilines is 1. The van der Waals surface area contributed by atoms with E-state index < -0.39 is 0 Å². The van der Waals surface area contributed by atoms with Gasteiger partial charge in [-0.15, -0.1) is 0 Å². The van der Waals surface area contributed by atoms with Gasteiger partial charge in [-0.1, -0.05) is 31.2 Å². The van der Waals surface area contributed by atoms with Crippen LogP contribution in [0.25, 0.3) is 0 Å². The van der Waals surface area contributed by atoms with Crippen molar-refractivity contribution in [3.8, 4) is 5.75 Å². The molecule has 0 aliphatic carbocycles. The van der Waals surface area contributed by atoms with Crippen molar-refractivity contribution in [3.63, 3.8) is 0 Å². The zero-order valence-electron chi connectivity index (χ0n) is 19.4. The summed E-state index contributed by atoms with van der Waals surface area (Å²) in [6, 6.07) is 14.1. The number of carbonyl (C=O) groups excluding carboxylic acids is 1. The summed E-state index contributed by atoms with van der Waals surface area (Å²) in [5.74, 6) is 1.62. The second-order valence-electron chi connectivity index (χ2n) is 8.06. The number of aryl methyl sites for hydroxylation is 1. The Balaban J connectivity index is 1.53. The number of carbonyl (C=O) groups is 1. The molecule has 7 heteroatoms. The molecular weight excluding hydrogens is 402 g/mol. The summed E-state index contributed by atoms with van der Waals surface area (Å²) in [5, 5.41) is 9.70. The summed E-state index contributed by atoms with van der Waals surface area (Å²) in [4.78, 5) is 18.5. The van der Waals surface area contributed by atoms with Crippen molar-refractivity contribution in [2.45, 2.75) is 46.2 Å². The van der Waals surface area contributed by atoms with E-state index in [9.17, 15) is 4.79 Å². The van der Waals surface area contributed by atoms with Crippen molar-refractivity contribution in [2.24, 2.45) is 4.99 Å². The number of benzene rings is 2. The molecule has 2 amide bonds. The van der Waals surface area contributed by atoms with E-state index in [4.69, 9.17) is 4.74 Å². The van der Waals surface area contributed by atoms with Crippen LogP contribution in [0.2, 0.25) is 0 Å². The summed E-state index contributed by atoms with van der Waals surface area (Å²) in [6.07, 6.45) is 3.14. The highest BCUT2D eigenvalue weighted by atomic mass is 16.5. The number of guanidine groups is 1. The van der Waals surface area contributed by atoms with Crippen LogP contribution in [0.5, 0.6) is 5.75 Å². The molecule has 0 radical (unpaired) electrons. The van der Waals surface area contributed by atoms with E-state index in [1.54, 1.807) is 7.05 Å². The number of nitrogens with zero attached hydrogens (tertiary/aromatic N) is 2. The first-order chi connectivity index (χ1) is 15.6. The molecule has 1 aliphatic rings. The first-order valence-corrected chi connectivity index (χ1v) is 11.4. The predicted octanol–water partition coefficient (Wildman–Crippen LogP) is 4.28. The number of amides is 2. The standard InChI is InChI=1S/C25H35N5O2/c1-4-14-32-23-15-19(2)10-11-21(23)18-28-24(26-3)27-17-20-8-7-9-22(16-20)29-25(31)30-12-5-6-13-30/h7-11,15-16H,4-6,12-14,17-18H2,1-3H3,(H,29,31)(H2,26,27,28). The highest BCUT2D eigenvalue weighted by Gasteiger charge is 2.17. The van der Waals surface area contributed by atoms with Crippen molar-refractivity contribution in [1.29, 1.82) is 0 Å². The van der Waals surface area contributed by atoms with Crippen LogP contribution in [0.3, 0.4) is 0 Å². The molecule has 7 nitrogen and oxygen atoms in total. The van der Waals surface area contributed by atoms with Crippen molar-refractivity contribution < 1.29 is 9.53 Å². The van der Waals surface area contributed by atoms with Crippen LogP contribution in [-0.2, 0) is 13.1 Å². The normalized spacial score (nSPS) is 13.7. The molecule has 1 heterocycles. The third-order valence-corrected chi connectivity index (χ3v) is 5.39. The van der Waals surface area contributed by atoms with Crippen molar-refractivity contribution >= 4 is 17.7 Å². The first kappa shape index (κ1) is 23.4. The molecule has 172 valence electrons. The van der Waals surface area contributed by atoms with Gasteiger partial charge < -0.3 is 25.6 Å².